The molecule has 0 aliphatic rings. The predicted molar refractivity (Wildman–Crippen MR) is 200 cm³/mol. The number of nitrogens with zero attached hydrogens (tertiary/aromatic N) is 2. The molecule has 1 rings (SSSR count). The van der Waals surface area contributed by atoms with Gasteiger partial charge in [0.05, 0.1) is 26.9 Å². The lowest BCUT2D eigenvalue weighted by Gasteiger charge is -2.47. The van der Waals surface area contributed by atoms with Crippen LogP contribution in [0.3, 0.4) is 0 Å². The highest BCUT2D eigenvalue weighted by Crippen LogP contribution is 2.42. The van der Waals surface area contributed by atoms with Gasteiger partial charge in [-0.1, -0.05) is 62.3 Å². The van der Waals surface area contributed by atoms with Gasteiger partial charge in [0.25, 0.3) is 0 Å². The van der Waals surface area contributed by atoms with Gasteiger partial charge in [-0.3, -0.25) is 4.79 Å². The van der Waals surface area contributed by atoms with E-state index in [1.807, 2.05) is 0 Å². The highest BCUT2D eigenvalue weighted by atomic mass is 28.4. The molecule has 1 heterocycles. The summed E-state index contributed by atoms with van der Waals surface area (Å²) in [5.74, 6) is -0.373. The Hall–Kier alpha value is -1.85. The van der Waals surface area contributed by atoms with E-state index in [-0.39, 0.29) is 39.2 Å². The van der Waals surface area contributed by atoms with E-state index in [2.05, 4.69) is 117 Å². The number of ether oxygens (including phenoxy) is 3. The molecule has 11 nitrogen and oxygen atoms in total. The molecule has 278 valence electrons. The van der Waals surface area contributed by atoms with Crippen molar-refractivity contribution >= 4 is 36.8 Å². The molecule has 14 heteroatoms. The van der Waals surface area contributed by atoms with Gasteiger partial charge >= 0.3 is 12.1 Å². The molecule has 1 aromatic rings. The van der Waals surface area contributed by atoms with Gasteiger partial charge in [-0.25, -0.2) is 9.78 Å². The van der Waals surface area contributed by atoms with Gasteiger partial charge in [0.15, 0.2) is 30.7 Å². The second-order valence-corrected chi connectivity index (χ2v) is 32.4. The molecular weight excluding hydrogens is 663 g/mol. The van der Waals surface area contributed by atoms with Gasteiger partial charge in [0, 0.05) is 6.20 Å². The molecule has 48 heavy (non-hydrogen) atoms. The summed E-state index contributed by atoms with van der Waals surface area (Å²) >= 11 is 0. The molecule has 0 radical (unpaired) electrons. The summed E-state index contributed by atoms with van der Waals surface area (Å²) in [6.45, 7) is 37.4. The van der Waals surface area contributed by atoms with Crippen molar-refractivity contribution in [1.29, 1.82) is 0 Å². The highest BCUT2D eigenvalue weighted by molar-refractivity contribution is 6.75. The summed E-state index contributed by atoms with van der Waals surface area (Å²) in [4.78, 5) is 37.0. The third kappa shape index (κ3) is 11.9. The molecule has 0 saturated heterocycles. The van der Waals surface area contributed by atoms with E-state index >= 15 is 0 Å². The summed E-state index contributed by atoms with van der Waals surface area (Å²) in [6.07, 6.45) is -1.41. The summed E-state index contributed by atoms with van der Waals surface area (Å²) in [5.41, 5.74) is -0.641. The van der Waals surface area contributed by atoms with Gasteiger partial charge in [0.1, 0.15) is 23.4 Å². The Morgan fingerprint density at radius 2 is 1.23 bits per heavy atom. The lowest BCUT2D eigenvalue weighted by Crippen LogP contribution is -2.62. The summed E-state index contributed by atoms with van der Waals surface area (Å²) < 4.78 is 37.5. The Bertz CT molecular complexity index is 1250. The van der Waals surface area contributed by atoms with Crippen LogP contribution >= 0.6 is 0 Å². The van der Waals surface area contributed by atoms with Crippen LogP contribution in [0.5, 0.6) is 11.9 Å². The predicted octanol–water partition coefficient (Wildman–Crippen LogP) is 8.37. The monoisotopic (exact) mass is 729 g/mol. The second-order valence-electron chi connectivity index (χ2n) is 18.1. The van der Waals surface area contributed by atoms with E-state index in [9.17, 15) is 9.59 Å². The normalized spacial score (nSPS) is 15.8. The fourth-order valence-electron chi connectivity index (χ4n) is 3.76. The van der Waals surface area contributed by atoms with Gasteiger partial charge in [0.2, 0.25) is 5.88 Å². The van der Waals surface area contributed by atoms with Crippen molar-refractivity contribution in [3.05, 3.63) is 11.8 Å². The third-order valence-electron chi connectivity index (χ3n) is 9.92. The Labute approximate surface area is 294 Å². The molecule has 3 atom stereocenters. The molecule has 0 fully saturated rings. The molecule has 0 bridgehead atoms. The standard InChI is InChI=1S/C34H67N3O8Si3/c1-31(2,3)43-30(39)36-24(22-42-46(15,16)32(4,5)6)26(44-47(17,18)33(7,8)9)27(45-48(19,20)34(10,11)12)25(38)23-21-35-29(41-14)37-28(23)40-13/h21,24,26-27H,22H2,1-20H3,(H,36,39)/t24-,26-,27+/m1/s1. The van der Waals surface area contributed by atoms with E-state index in [1.165, 1.54) is 20.4 Å². The highest BCUT2D eigenvalue weighted by Gasteiger charge is 2.51. The Kier molecular flexibility index (Phi) is 14.3. The maximum atomic E-state index is 14.9. The van der Waals surface area contributed by atoms with E-state index in [0.29, 0.717) is 0 Å². The van der Waals surface area contributed by atoms with Crippen LogP contribution in [0.15, 0.2) is 6.20 Å². The summed E-state index contributed by atoms with van der Waals surface area (Å²) in [6, 6.07) is -0.765. The minimum atomic E-state index is -2.67. The van der Waals surface area contributed by atoms with Crippen molar-refractivity contribution in [2.75, 3.05) is 20.8 Å². The number of carbonyl (C=O) groups is 2. The summed E-state index contributed by atoms with van der Waals surface area (Å²) in [5, 5.41) is 2.45. The van der Waals surface area contributed by atoms with Gasteiger partial charge < -0.3 is 32.8 Å². The number of hydrogen-bond donors (Lipinski definition) is 1. The molecular formula is C34H67N3O8Si3. The number of carbonyl (C=O) groups excluding carboxylic acids is 2. The zero-order valence-corrected chi connectivity index (χ0v) is 36.7. The number of methoxy groups -OCH3 is 2. The summed E-state index contributed by atoms with van der Waals surface area (Å²) in [7, 11) is -4.78. The van der Waals surface area contributed by atoms with Crippen LogP contribution in [-0.4, -0.2) is 91.5 Å². The fraction of sp³-hybridized carbons (Fsp3) is 0.824. The average molecular weight is 730 g/mol. The molecule has 1 aromatic heterocycles. The quantitative estimate of drug-likeness (QED) is 0.147. The number of ketones is 1. The van der Waals surface area contributed by atoms with E-state index in [0.717, 1.165) is 0 Å². The van der Waals surface area contributed by atoms with Crippen LogP contribution in [0.25, 0.3) is 0 Å². The largest absolute Gasteiger partial charge is 0.480 e. The van der Waals surface area contributed by atoms with E-state index < -0.39 is 60.7 Å². The molecule has 0 saturated carbocycles. The van der Waals surface area contributed by atoms with Crippen molar-refractivity contribution in [2.45, 2.75) is 161 Å². The van der Waals surface area contributed by atoms with Crippen molar-refractivity contribution in [3.8, 4) is 11.9 Å². The number of nitrogens with one attached hydrogen (secondary N) is 1. The average Bonchev–Trinajstić information content (AvgIpc) is 2.89. The van der Waals surface area contributed by atoms with E-state index in [4.69, 9.17) is 27.5 Å². The zero-order chi connectivity index (χ0) is 37.9. The maximum Gasteiger partial charge on any atom is 0.408 e. The number of aromatic nitrogens is 2. The second kappa shape index (κ2) is 15.6. The first-order valence-corrected chi connectivity index (χ1v) is 25.5. The van der Waals surface area contributed by atoms with Crippen molar-refractivity contribution in [3.63, 3.8) is 0 Å². The first kappa shape index (κ1) is 44.2. The molecule has 0 aromatic carbocycles. The van der Waals surface area contributed by atoms with Gasteiger partial charge in [-0.2, -0.15) is 4.98 Å². The lowest BCUT2D eigenvalue weighted by atomic mass is 9.99. The van der Waals surface area contributed by atoms with Crippen LogP contribution in [0, 0.1) is 0 Å². The maximum absolute atomic E-state index is 14.9. The molecule has 0 spiro atoms. The molecule has 1 N–H and O–H groups in total. The first-order chi connectivity index (χ1) is 21.3. The van der Waals surface area contributed by atoms with Crippen molar-refractivity contribution in [2.24, 2.45) is 0 Å². The first-order valence-electron chi connectivity index (χ1n) is 16.8. The number of hydrogen-bond acceptors (Lipinski definition) is 10. The molecule has 0 unspecified atom stereocenters. The van der Waals surface area contributed by atoms with Crippen LogP contribution in [0.1, 0.15) is 93.4 Å². The number of Topliss-reactive ketones (excluding diaryl/α,β-unsaturated/α-hetero) is 1. The van der Waals surface area contributed by atoms with Crippen LogP contribution in [0.4, 0.5) is 4.79 Å². The molecule has 0 aliphatic carbocycles. The number of rotatable bonds is 14. The third-order valence-corrected chi connectivity index (χ3v) is 23.4. The van der Waals surface area contributed by atoms with Crippen LogP contribution in [0.2, 0.25) is 54.4 Å². The molecule has 1 amide bonds. The number of alkyl carbamates (subject to hydrolysis) is 1. The van der Waals surface area contributed by atoms with Gasteiger partial charge in [-0.15, -0.1) is 0 Å². The van der Waals surface area contributed by atoms with Crippen LogP contribution in [-0.2, 0) is 18.0 Å². The van der Waals surface area contributed by atoms with Crippen molar-refractivity contribution < 1.29 is 37.1 Å². The lowest BCUT2D eigenvalue weighted by molar-refractivity contribution is -0.00126. The Morgan fingerprint density at radius 1 is 0.750 bits per heavy atom. The fourth-order valence-corrected chi connectivity index (χ4v) is 7.34. The minimum Gasteiger partial charge on any atom is -0.480 e. The minimum absolute atomic E-state index is 0.0518. The zero-order valence-electron chi connectivity index (χ0n) is 33.7. The van der Waals surface area contributed by atoms with E-state index in [1.54, 1.807) is 20.8 Å². The topological polar surface area (TPSA) is 127 Å². The van der Waals surface area contributed by atoms with Gasteiger partial charge in [-0.05, 0) is 75.2 Å². The number of amides is 1. The smallest absolute Gasteiger partial charge is 0.408 e. The Balaban J connectivity index is 4.16. The van der Waals surface area contributed by atoms with Crippen molar-refractivity contribution in [1.82, 2.24) is 15.3 Å². The molecule has 0 aliphatic heterocycles. The van der Waals surface area contributed by atoms with Crippen LogP contribution < -0.4 is 14.8 Å². The Morgan fingerprint density at radius 3 is 1.65 bits per heavy atom. The SMILES string of the molecule is COc1ncc(C(=O)[C@H](O[Si](C)(C)C(C)(C)C)[C@H](O[Si](C)(C)C(C)(C)C)[C@@H](CO[Si](C)(C)C(C)(C)C)NC(=O)OC(C)(C)C)c(OC)n1.